The zero-order chi connectivity index (χ0) is 31.5. The van der Waals surface area contributed by atoms with Gasteiger partial charge in [0.05, 0.1) is 36.4 Å². The summed E-state index contributed by atoms with van der Waals surface area (Å²) in [4.78, 5) is 19.4. The molecule has 0 radical (unpaired) electrons. The van der Waals surface area contributed by atoms with E-state index in [-0.39, 0.29) is 22.7 Å². The summed E-state index contributed by atoms with van der Waals surface area (Å²) in [6.45, 7) is 7.62. The predicted molar refractivity (Wildman–Crippen MR) is 146 cm³/mol. The van der Waals surface area contributed by atoms with E-state index in [1.807, 2.05) is 0 Å². The Hall–Kier alpha value is -2.86. The number of morpholine rings is 1. The molecule has 12 heteroatoms. The molecule has 2 amide bonds. The highest BCUT2D eigenvalue weighted by Crippen LogP contribution is 2.52. The number of hydrogen-bond acceptors (Lipinski definition) is 3. The van der Waals surface area contributed by atoms with Gasteiger partial charge in [-0.15, -0.1) is 0 Å². The van der Waals surface area contributed by atoms with E-state index in [2.05, 4.69) is 11.8 Å². The highest BCUT2D eigenvalue weighted by molar-refractivity contribution is 5.75. The molecule has 2 aromatic rings. The third-order valence-electron chi connectivity index (χ3n) is 9.80. The second kappa shape index (κ2) is 10.9. The Labute approximate surface area is 246 Å². The SMILES string of the molecule is Cc1cc(F)ccc1[C@H]1C[C@@]2(CCN1C(=O)N(C)[C@H](C)c1cc(C(F)(F)F)cc(C(F)(F)F)c1)CCC1(C)COCCN12. The Kier molecular flexibility index (Phi) is 8.03. The fraction of sp³-hybridized carbons (Fsp3) is 0.581. The largest absolute Gasteiger partial charge is 0.416 e. The van der Waals surface area contributed by atoms with E-state index >= 15 is 0 Å². The number of amides is 2. The van der Waals surface area contributed by atoms with Gasteiger partial charge in [0.1, 0.15) is 5.82 Å². The Bertz CT molecular complexity index is 1350. The van der Waals surface area contributed by atoms with Crippen molar-refractivity contribution in [2.24, 2.45) is 0 Å². The average molecular weight is 616 g/mol. The van der Waals surface area contributed by atoms with Gasteiger partial charge in [0.25, 0.3) is 0 Å². The molecule has 0 bridgehead atoms. The van der Waals surface area contributed by atoms with Crippen molar-refractivity contribution in [3.8, 4) is 0 Å². The highest BCUT2D eigenvalue weighted by Gasteiger charge is 2.56. The maximum Gasteiger partial charge on any atom is 0.416 e. The summed E-state index contributed by atoms with van der Waals surface area (Å²) in [6, 6.07) is 3.70. The van der Waals surface area contributed by atoms with Crippen LogP contribution < -0.4 is 0 Å². The number of hydrogen-bond donors (Lipinski definition) is 0. The molecular weight excluding hydrogens is 579 g/mol. The van der Waals surface area contributed by atoms with Gasteiger partial charge in [0.15, 0.2) is 0 Å². The zero-order valence-corrected chi connectivity index (χ0v) is 24.6. The van der Waals surface area contributed by atoms with Crippen LogP contribution in [0, 0.1) is 12.7 Å². The van der Waals surface area contributed by atoms with Gasteiger partial charge < -0.3 is 14.5 Å². The molecule has 5 rings (SSSR count). The van der Waals surface area contributed by atoms with E-state index in [1.165, 1.54) is 31.0 Å². The number of carbonyl (C=O) groups is 1. The minimum absolute atomic E-state index is 0.0798. The van der Waals surface area contributed by atoms with Crippen LogP contribution in [0.3, 0.4) is 0 Å². The number of benzene rings is 2. The van der Waals surface area contributed by atoms with E-state index in [4.69, 9.17) is 4.74 Å². The van der Waals surface area contributed by atoms with Crippen molar-refractivity contribution in [1.82, 2.24) is 14.7 Å². The van der Waals surface area contributed by atoms with Crippen molar-refractivity contribution in [1.29, 1.82) is 0 Å². The molecular formula is C31H36F7N3O2. The Morgan fingerprint density at radius 3 is 2.26 bits per heavy atom. The van der Waals surface area contributed by atoms with E-state index < -0.39 is 47.4 Å². The predicted octanol–water partition coefficient (Wildman–Crippen LogP) is 7.75. The van der Waals surface area contributed by atoms with Gasteiger partial charge >= 0.3 is 18.4 Å². The Morgan fingerprint density at radius 2 is 1.65 bits per heavy atom. The first kappa shape index (κ1) is 31.6. The lowest BCUT2D eigenvalue weighted by atomic mass is 9.78. The number of alkyl halides is 6. The van der Waals surface area contributed by atoms with Crippen LogP contribution in [0.15, 0.2) is 36.4 Å². The first-order valence-electron chi connectivity index (χ1n) is 14.4. The summed E-state index contributed by atoms with van der Waals surface area (Å²) in [5.41, 5.74) is -2.09. The molecule has 236 valence electrons. The summed E-state index contributed by atoms with van der Waals surface area (Å²) in [7, 11) is 1.38. The summed E-state index contributed by atoms with van der Waals surface area (Å²) in [5.74, 6) is -0.415. The zero-order valence-electron chi connectivity index (χ0n) is 24.6. The molecule has 3 fully saturated rings. The van der Waals surface area contributed by atoms with Gasteiger partial charge in [-0.3, -0.25) is 4.90 Å². The molecule has 0 aliphatic carbocycles. The van der Waals surface area contributed by atoms with Crippen molar-refractivity contribution in [3.63, 3.8) is 0 Å². The van der Waals surface area contributed by atoms with Gasteiger partial charge in [-0.05, 0) is 93.5 Å². The normalized spacial score (nSPS) is 27.3. The fourth-order valence-electron chi connectivity index (χ4n) is 7.31. The molecule has 0 aromatic heterocycles. The van der Waals surface area contributed by atoms with Crippen LogP contribution in [-0.4, -0.2) is 65.2 Å². The molecule has 4 atom stereocenters. The number of ether oxygens (including phenoxy) is 1. The lowest BCUT2D eigenvalue weighted by Crippen LogP contribution is -2.62. The Morgan fingerprint density at radius 1 is 1.00 bits per heavy atom. The molecule has 43 heavy (non-hydrogen) atoms. The number of likely N-dealkylation sites (tertiary alicyclic amines) is 1. The van der Waals surface area contributed by atoms with Crippen molar-refractivity contribution < 1.29 is 40.3 Å². The minimum atomic E-state index is -5.00. The first-order valence-corrected chi connectivity index (χ1v) is 14.4. The third-order valence-corrected chi connectivity index (χ3v) is 9.80. The van der Waals surface area contributed by atoms with Gasteiger partial charge in [-0.2, -0.15) is 26.3 Å². The van der Waals surface area contributed by atoms with Gasteiger partial charge in [-0.1, -0.05) is 6.07 Å². The third kappa shape index (κ3) is 5.84. The lowest BCUT2D eigenvalue weighted by molar-refractivity contribution is -0.143. The van der Waals surface area contributed by atoms with Gasteiger partial charge in [0.2, 0.25) is 0 Å². The number of piperidine rings is 1. The van der Waals surface area contributed by atoms with Crippen molar-refractivity contribution in [2.45, 2.75) is 82.0 Å². The number of fused-ring (bicyclic) bond motifs is 2. The number of carbonyl (C=O) groups excluding carboxylic acids is 1. The monoisotopic (exact) mass is 615 g/mol. The fourth-order valence-corrected chi connectivity index (χ4v) is 7.31. The number of halogens is 7. The van der Waals surface area contributed by atoms with E-state index in [9.17, 15) is 35.5 Å². The van der Waals surface area contributed by atoms with Crippen LogP contribution in [0.2, 0.25) is 0 Å². The molecule has 1 spiro atoms. The van der Waals surface area contributed by atoms with Crippen molar-refractivity contribution in [2.75, 3.05) is 33.4 Å². The first-order chi connectivity index (χ1) is 19.9. The maximum absolute atomic E-state index is 14.1. The van der Waals surface area contributed by atoms with Gasteiger partial charge in [-0.25, -0.2) is 9.18 Å². The summed E-state index contributed by atoms with van der Waals surface area (Å²) in [6.07, 6.45) is -6.98. The molecule has 1 unspecified atom stereocenters. The number of nitrogens with zero attached hydrogens (tertiary/aromatic N) is 3. The molecule has 3 saturated heterocycles. The molecule has 3 heterocycles. The topological polar surface area (TPSA) is 36.0 Å². The summed E-state index contributed by atoms with van der Waals surface area (Å²) < 4.78 is 101. The average Bonchev–Trinajstić information content (AvgIpc) is 3.22. The van der Waals surface area contributed by atoms with Crippen LogP contribution in [-0.2, 0) is 17.1 Å². The molecule has 0 saturated carbocycles. The Balaban J connectivity index is 1.49. The lowest BCUT2D eigenvalue weighted by Gasteiger charge is -2.54. The highest BCUT2D eigenvalue weighted by atomic mass is 19.4. The van der Waals surface area contributed by atoms with Crippen molar-refractivity contribution in [3.05, 3.63) is 70.0 Å². The van der Waals surface area contributed by atoms with E-state index in [0.717, 1.165) is 24.9 Å². The molecule has 0 N–H and O–H groups in total. The van der Waals surface area contributed by atoms with E-state index in [0.29, 0.717) is 50.3 Å². The molecule has 2 aromatic carbocycles. The molecule has 3 aliphatic rings. The van der Waals surface area contributed by atoms with Crippen LogP contribution >= 0.6 is 0 Å². The second-order valence-corrected chi connectivity index (χ2v) is 12.5. The van der Waals surface area contributed by atoms with Crippen LogP contribution in [0.25, 0.3) is 0 Å². The number of rotatable bonds is 3. The minimum Gasteiger partial charge on any atom is -0.378 e. The number of urea groups is 1. The smallest absolute Gasteiger partial charge is 0.378 e. The summed E-state index contributed by atoms with van der Waals surface area (Å²) >= 11 is 0. The van der Waals surface area contributed by atoms with E-state index in [1.54, 1.807) is 17.9 Å². The number of aryl methyl sites for hydroxylation is 1. The molecule has 5 nitrogen and oxygen atoms in total. The standard InChI is InChI=1S/C31H36F7N3O2/c1-19-13-24(32)5-6-25(19)26-17-29(8-7-28(3)18-43-12-11-41(28)29)9-10-40(26)27(42)39(4)20(2)21-14-22(30(33,34)35)16-23(15-21)31(36,37)38/h5-6,13-16,20,26H,7-12,17-18H2,1-4H3/t20-,26-,28?,29+/m1/s1. The summed E-state index contributed by atoms with van der Waals surface area (Å²) in [5, 5.41) is 0. The van der Waals surface area contributed by atoms with Crippen LogP contribution in [0.4, 0.5) is 35.5 Å². The maximum atomic E-state index is 14.1. The quantitative estimate of drug-likeness (QED) is 0.332. The van der Waals surface area contributed by atoms with Crippen LogP contribution in [0.1, 0.15) is 79.4 Å². The van der Waals surface area contributed by atoms with Crippen molar-refractivity contribution >= 4 is 6.03 Å². The second-order valence-electron chi connectivity index (χ2n) is 12.5. The molecule has 3 aliphatic heterocycles. The van der Waals surface area contributed by atoms with Crippen LogP contribution in [0.5, 0.6) is 0 Å². The van der Waals surface area contributed by atoms with Gasteiger partial charge in [0, 0.05) is 31.2 Å².